The van der Waals surface area contributed by atoms with Gasteiger partial charge in [-0.3, -0.25) is 0 Å². The van der Waals surface area contributed by atoms with Gasteiger partial charge in [0.05, 0.1) is 11.4 Å². The molecule has 0 aliphatic heterocycles. The van der Waals surface area contributed by atoms with Crippen molar-refractivity contribution in [1.29, 1.82) is 0 Å². The molecule has 138 valence electrons. The van der Waals surface area contributed by atoms with Crippen molar-refractivity contribution in [2.24, 2.45) is 0 Å². The molecular weight excluding hydrogens is 354 g/mol. The molecule has 2 aromatic carbocycles. The molecule has 0 aliphatic carbocycles. The number of hydrogen-bond donors (Lipinski definition) is 4. The molecular formula is C15H14F6N2O2. The maximum atomic E-state index is 11.2. The molecule has 4 nitrogen and oxygen atoms in total. The predicted octanol–water partition coefficient (Wildman–Crippen LogP) is 4.08. The second-order valence-corrected chi connectivity index (χ2v) is 4.88. The van der Waals surface area contributed by atoms with E-state index in [1.807, 2.05) is 0 Å². The minimum absolute atomic E-state index is 0.0514. The van der Waals surface area contributed by atoms with Crippen LogP contribution in [-0.4, -0.2) is 29.0 Å². The number of alkyl halides is 6. The van der Waals surface area contributed by atoms with Gasteiger partial charge in [-0.15, -0.1) is 0 Å². The van der Waals surface area contributed by atoms with Crippen molar-refractivity contribution in [1.82, 2.24) is 0 Å². The Kier molecular flexibility index (Phi) is 6.01. The van der Waals surface area contributed by atoms with Crippen molar-refractivity contribution in [2.45, 2.75) is 12.1 Å². The van der Waals surface area contributed by atoms with Crippen LogP contribution < -0.4 is 11.5 Å². The van der Waals surface area contributed by atoms with Gasteiger partial charge in [0, 0.05) is 0 Å². The molecule has 0 fully saturated rings. The lowest BCUT2D eigenvalue weighted by atomic mass is 10.0. The number of nitrogen functional groups attached to an aromatic ring is 2. The molecule has 6 N–H and O–H groups in total. The largest absolute Gasteiger partial charge is 0.506 e. The molecule has 0 unspecified atom stereocenters. The van der Waals surface area contributed by atoms with Gasteiger partial charge in [-0.1, -0.05) is 12.1 Å². The highest BCUT2D eigenvalue weighted by Crippen LogP contribution is 2.35. The van der Waals surface area contributed by atoms with Gasteiger partial charge in [0.25, 0.3) is 0 Å². The molecule has 0 atom stereocenters. The van der Waals surface area contributed by atoms with Crippen LogP contribution in [0.2, 0.25) is 0 Å². The lowest BCUT2D eigenvalue weighted by Crippen LogP contribution is -2.38. The average molecular weight is 368 g/mol. The van der Waals surface area contributed by atoms with E-state index in [-0.39, 0.29) is 11.5 Å². The number of benzene rings is 2. The van der Waals surface area contributed by atoms with E-state index >= 15 is 0 Å². The summed E-state index contributed by atoms with van der Waals surface area (Å²) in [4.78, 5) is 0. The van der Waals surface area contributed by atoms with Gasteiger partial charge in [0.15, 0.2) is 6.67 Å². The molecule has 0 saturated heterocycles. The van der Waals surface area contributed by atoms with Gasteiger partial charge >= 0.3 is 12.1 Å². The summed E-state index contributed by atoms with van der Waals surface area (Å²) in [6, 6.07) is 9.82. The summed E-state index contributed by atoms with van der Waals surface area (Å²) in [5, 5.41) is 18.6. The lowest BCUT2D eigenvalue weighted by Gasteiger charge is -2.14. The van der Waals surface area contributed by atoms with Crippen LogP contribution in [-0.2, 0) is 0 Å². The molecule has 0 aliphatic rings. The molecule has 0 radical (unpaired) electrons. The maximum absolute atomic E-state index is 11.2. The molecule has 2 aromatic rings. The minimum atomic E-state index is -5.76. The van der Waals surface area contributed by atoms with Crippen molar-refractivity contribution in [3.8, 4) is 22.6 Å². The molecule has 25 heavy (non-hydrogen) atoms. The van der Waals surface area contributed by atoms with Gasteiger partial charge in [-0.05, 0) is 35.4 Å². The summed E-state index contributed by atoms with van der Waals surface area (Å²) in [6.07, 6.45) is -5.76. The predicted molar refractivity (Wildman–Crippen MR) is 81.0 cm³/mol. The Hall–Kier alpha value is -2.78. The summed E-state index contributed by atoms with van der Waals surface area (Å²) < 4.78 is 65.6. The number of anilines is 2. The smallest absolute Gasteiger partial charge is 0.456 e. The third-order valence-electron chi connectivity index (χ3n) is 2.97. The molecule has 0 amide bonds. The highest BCUT2D eigenvalue weighted by atomic mass is 19.4. The highest BCUT2D eigenvalue weighted by molar-refractivity contribution is 5.74. The van der Waals surface area contributed by atoms with Gasteiger partial charge in [-0.2, -0.15) is 22.0 Å². The number of phenolic OH excluding ortho intramolecular Hbond substituents is 2. The summed E-state index contributed by atoms with van der Waals surface area (Å²) in [7, 11) is 0. The standard InChI is InChI=1S/C12H12N2O2.C3H2F6/c13-9-5-7(1-3-11(9)15)8-2-4-12(16)10(14)6-8;4-1-2(5,6)3(7,8)9/h1-6,15-16H,13-14H2;1H2. The van der Waals surface area contributed by atoms with Crippen LogP contribution >= 0.6 is 0 Å². The zero-order valence-corrected chi connectivity index (χ0v) is 12.5. The third kappa shape index (κ3) is 5.10. The van der Waals surface area contributed by atoms with E-state index in [1.165, 1.54) is 12.1 Å². The second-order valence-electron chi connectivity index (χ2n) is 4.88. The first-order valence-electron chi connectivity index (χ1n) is 6.57. The van der Waals surface area contributed by atoms with Crippen LogP contribution in [0.25, 0.3) is 11.1 Å². The fourth-order valence-electron chi connectivity index (χ4n) is 1.54. The Labute approximate surface area is 138 Å². The summed E-state index contributed by atoms with van der Waals surface area (Å²) >= 11 is 0. The molecule has 10 heteroatoms. The fraction of sp³-hybridized carbons (Fsp3) is 0.200. The monoisotopic (exact) mass is 368 g/mol. The van der Waals surface area contributed by atoms with Crippen LogP contribution in [0.15, 0.2) is 36.4 Å². The summed E-state index contributed by atoms with van der Waals surface area (Å²) in [6.45, 7) is -2.70. The fourth-order valence-corrected chi connectivity index (χ4v) is 1.54. The van der Waals surface area contributed by atoms with E-state index in [2.05, 4.69) is 0 Å². The molecule has 0 spiro atoms. The number of aromatic hydroxyl groups is 2. The number of nitrogens with two attached hydrogens (primary N) is 2. The zero-order valence-electron chi connectivity index (χ0n) is 12.5. The number of hydrogen-bond acceptors (Lipinski definition) is 4. The molecule has 0 bridgehead atoms. The summed E-state index contributed by atoms with van der Waals surface area (Å²) in [5.74, 6) is -5.08. The molecule has 0 saturated carbocycles. The minimum Gasteiger partial charge on any atom is -0.506 e. The van der Waals surface area contributed by atoms with Crippen molar-refractivity contribution >= 4 is 11.4 Å². The van der Waals surface area contributed by atoms with Crippen LogP contribution in [0.1, 0.15) is 0 Å². The SMILES string of the molecule is FCC(F)(F)C(F)(F)F.Nc1cc(-c2ccc(O)c(N)c2)ccc1O. The van der Waals surface area contributed by atoms with E-state index in [4.69, 9.17) is 11.5 Å². The zero-order chi connectivity index (χ0) is 19.4. The average Bonchev–Trinajstić information content (AvgIpc) is 2.52. The number of phenols is 2. The number of rotatable bonds is 2. The highest BCUT2D eigenvalue weighted by Gasteiger charge is 2.57. The first-order valence-corrected chi connectivity index (χ1v) is 6.57. The van der Waals surface area contributed by atoms with E-state index in [9.17, 15) is 36.6 Å². The van der Waals surface area contributed by atoms with Crippen LogP contribution in [0.3, 0.4) is 0 Å². The summed E-state index contributed by atoms with van der Waals surface area (Å²) in [5.41, 5.74) is 13.5. The first kappa shape index (κ1) is 20.3. The molecule has 0 heterocycles. The maximum Gasteiger partial charge on any atom is 0.456 e. The molecule has 2 rings (SSSR count). The van der Waals surface area contributed by atoms with Crippen LogP contribution in [0, 0.1) is 0 Å². The third-order valence-corrected chi connectivity index (χ3v) is 2.97. The van der Waals surface area contributed by atoms with Gasteiger partial charge in [-0.25, -0.2) is 4.39 Å². The van der Waals surface area contributed by atoms with E-state index in [1.54, 1.807) is 24.3 Å². The van der Waals surface area contributed by atoms with E-state index in [0.29, 0.717) is 11.4 Å². The Balaban J connectivity index is 0.000000299. The Bertz CT molecular complexity index is 685. The Morgan fingerprint density at radius 2 is 1.12 bits per heavy atom. The van der Waals surface area contributed by atoms with Crippen molar-refractivity contribution < 1.29 is 36.6 Å². The number of halogens is 6. The van der Waals surface area contributed by atoms with Gasteiger partial charge < -0.3 is 21.7 Å². The Morgan fingerprint density at radius 1 is 0.760 bits per heavy atom. The normalized spacial score (nSPS) is 11.6. The van der Waals surface area contributed by atoms with E-state index < -0.39 is 18.8 Å². The van der Waals surface area contributed by atoms with E-state index in [0.717, 1.165) is 11.1 Å². The molecule has 0 aromatic heterocycles. The quantitative estimate of drug-likeness (QED) is 0.365. The lowest BCUT2D eigenvalue weighted by molar-refractivity contribution is -0.286. The van der Waals surface area contributed by atoms with Crippen molar-refractivity contribution in [2.75, 3.05) is 18.1 Å². The van der Waals surface area contributed by atoms with Crippen LogP contribution in [0.4, 0.5) is 37.7 Å². The van der Waals surface area contributed by atoms with Crippen molar-refractivity contribution in [3.63, 3.8) is 0 Å². The Morgan fingerprint density at radius 3 is 1.32 bits per heavy atom. The van der Waals surface area contributed by atoms with Crippen molar-refractivity contribution in [3.05, 3.63) is 36.4 Å². The van der Waals surface area contributed by atoms with Gasteiger partial charge in [0.1, 0.15) is 11.5 Å². The second kappa shape index (κ2) is 7.41. The van der Waals surface area contributed by atoms with Gasteiger partial charge in [0.2, 0.25) is 0 Å². The topological polar surface area (TPSA) is 92.5 Å². The van der Waals surface area contributed by atoms with Crippen LogP contribution in [0.5, 0.6) is 11.5 Å². The first-order chi connectivity index (χ1) is 11.4.